The number of Topliss-reactive ketones (excluding diaryl/α,β-unsaturated/α-hetero) is 1. The molecule has 1 atom stereocenters. The summed E-state index contributed by atoms with van der Waals surface area (Å²) in [5.74, 6) is -0.417. The highest BCUT2D eigenvalue weighted by Crippen LogP contribution is 2.17. The molecule has 0 radical (unpaired) electrons. The van der Waals surface area contributed by atoms with Crippen molar-refractivity contribution in [2.45, 2.75) is 25.9 Å². The Morgan fingerprint density at radius 3 is 2.81 bits per heavy atom. The van der Waals surface area contributed by atoms with Crippen LogP contribution in [0.1, 0.15) is 18.9 Å². The molecule has 0 fully saturated rings. The largest absolute Gasteiger partial charge is 0.381 e. The molecule has 0 N–H and O–H groups in total. The molecule has 16 heavy (non-hydrogen) atoms. The van der Waals surface area contributed by atoms with Crippen molar-refractivity contribution in [2.24, 2.45) is 0 Å². The molecule has 0 aromatic heterocycles. The summed E-state index contributed by atoms with van der Waals surface area (Å²) in [5.41, 5.74) is 0.722. The molecule has 0 bridgehead atoms. The number of benzene rings is 1. The Labute approximate surface area is 99.4 Å². The zero-order valence-corrected chi connectivity index (χ0v) is 10.1. The average Bonchev–Trinajstić information content (AvgIpc) is 2.23. The summed E-state index contributed by atoms with van der Waals surface area (Å²) in [5, 5.41) is 0.0464. The van der Waals surface area contributed by atoms with Gasteiger partial charge in [0, 0.05) is 20.0 Å². The molecule has 0 aliphatic heterocycles. The molecule has 1 unspecified atom stereocenters. The van der Waals surface area contributed by atoms with Crippen LogP contribution >= 0.6 is 11.6 Å². The smallest absolute Gasteiger partial charge is 0.141 e. The lowest BCUT2D eigenvalue weighted by Gasteiger charge is -2.08. The minimum Gasteiger partial charge on any atom is -0.381 e. The Kier molecular flexibility index (Phi) is 4.90. The molecule has 1 rings (SSSR count). The van der Waals surface area contributed by atoms with Gasteiger partial charge < -0.3 is 4.74 Å². The van der Waals surface area contributed by atoms with Gasteiger partial charge in [0.2, 0.25) is 0 Å². The van der Waals surface area contributed by atoms with Crippen molar-refractivity contribution >= 4 is 17.4 Å². The zero-order chi connectivity index (χ0) is 12.1. The lowest BCUT2D eigenvalue weighted by atomic mass is 10.1. The second kappa shape index (κ2) is 5.97. The maximum absolute atomic E-state index is 12.9. The molecular formula is C12H14ClFO2. The summed E-state index contributed by atoms with van der Waals surface area (Å²) in [6.07, 6.45) is 0.516. The SMILES string of the molecule is COC(C)CC(=O)Cc1ccc(F)c(Cl)c1. The molecule has 0 amide bonds. The van der Waals surface area contributed by atoms with Crippen molar-refractivity contribution in [3.8, 4) is 0 Å². The minimum atomic E-state index is -0.469. The molecule has 0 saturated carbocycles. The predicted molar refractivity (Wildman–Crippen MR) is 61.2 cm³/mol. The molecule has 2 nitrogen and oxygen atoms in total. The monoisotopic (exact) mass is 244 g/mol. The molecule has 88 valence electrons. The van der Waals surface area contributed by atoms with Crippen molar-refractivity contribution in [1.29, 1.82) is 0 Å². The van der Waals surface area contributed by atoms with Crippen LogP contribution in [0, 0.1) is 5.82 Å². The maximum Gasteiger partial charge on any atom is 0.141 e. The van der Waals surface area contributed by atoms with Gasteiger partial charge >= 0.3 is 0 Å². The third-order valence-electron chi connectivity index (χ3n) is 2.30. The molecule has 0 heterocycles. The Hall–Kier alpha value is -0.930. The van der Waals surface area contributed by atoms with Crippen LogP contribution in [0.15, 0.2) is 18.2 Å². The van der Waals surface area contributed by atoms with Gasteiger partial charge in [-0.15, -0.1) is 0 Å². The van der Waals surface area contributed by atoms with Gasteiger partial charge in [0.05, 0.1) is 11.1 Å². The topological polar surface area (TPSA) is 26.3 Å². The Bertz CT molecular complexity index is 379. The second-order valence-electron chi connectivity index (χ2n) is 3.71. The van der Waals surface area contributed by atoms with E-state index in [1.165, 1.54) is 12.1 Å². The molecule has 4 heteroatoms. The summed E-state index contributed by atoms with van der Waals surface area (Å²) >= 11 is 5.62. The minimum absolute atomic E-state index is 0.0464. The van der Waals surface area contributed by atoms with E-state index in [1.54, 1.807) is 13.2 Å². The number of hydrogen-bond donors (Lipinski definition) is 0. The van der Waals surface area contributed by atoms with Crippen molar-refractivity contribution in [2.75, 3.05) is 7.11 Å². The Morgan fingerprint density at radius 1 is 1.56 bits per heavy atom. The highest BCUT2D eigenvalue weighted by atomic mass is 35.5. The lowest BCUT2D eigenvalue weighted by Crippen LogP contribution is -2.14. The van der Waals surface area contributed by atoms with Crippen LogP contribution < -0.4 is 0 Å². The van der Waals surface area contributed by atoms with Gasteiger partial charge in [0.1, 0.15) is 11.6 Å². The maximum atomic E-state index is 12.9. The van der Waals surface area contributed by atoms with Crippen molar-refractivity contribution in [3.63, 3.8) is 0 Å². The molecule has 0 aliphatic carbocycles. The number of carbonyl (C=O) groups is 1. The van der Waals surface area contributed by atoms with Gasteiger partial charge in [-0.1, -0.05) is 17.7 Å². The van der Waals surface area contributed by atoms with E-state index >= 15 is 0 Å². The first-order valence-corrected chi connectivity index (χ1v) is 5.39. The Balaban J connectivity index is 2.59. The first-order chi connectivity index (χ1) is 7.52. The molecule has 1 aromatic rings. The van der Waals surface area contributed by atoms with Crippen LogP contribution in [0.4, 0.5) is 4.39 Å². The van der Waals surface area contributed by atoms with E-state index in [0.29, 0.717) is 6.42 Å². The zero-order valence-electron chi connectivity index (χ0n) is 9.30. The van der Waals surface area contributed by atoms with E-state index in [-0.39, 0.29) is 23.3 Å². The third kappa shape index (κ3) is 3.91. The van der Waals surface area contributed by atoms with E-state index in [9.17, 15) is 9.18 Å². The molecule has 0 aliphatic rings. The van der Waals surface area contributed by atoms with Gasteiger partial charge in [-0.25, -0.2) is 4.39 Å². The normalized spacial score (nSPS) is 12.5. The van der Waals surface area contributed by atoms with Crippen LogP contribution in [-0.4, -0.2) is 19.0 Å². The van der Waals surface area contributed by atoms with Gasteiger partial charge in [0.15, 0.2) is 0 Å². The quantitative estimate of drug-likeness (QED) is 0.796. The van der Waals surface area contributed by atoms with Crippen LogP contribution in [0.3, 0.4) is 0 Å². The van der Waals surface area contributed by atoms with Crippen LogP contribution in [0.25, 0.3) is 0 Å². The van der Waals surface area contributed by atoms with Gasteiger partial charge in [-0.2, -0.15) is 0 Å². The van der Waals surface area contributed by atoms with Crippen molar-refractivity contribution in [1.82, 2.24) is 0 Å². The second-order valence-corrected chi connectivity index (χ2v) is 4.12. The van der Waals surface area contributed by atoms with Crippen LogP contribution in [0.2, 0.25) is 5.02 Å². The predicted octanol–water partition coefficient (Wildman–Crippen LogP) is 3.02. The number of methoxy groups -OCH3 is 1. The summed E-state index contributed by atoms with van der Waals surface area (Å²) in [7, 11) is 1.56. The fourth-order valence-electron chi connectivity index (χ4n) is 1.35. The number of hydrogen-bond acceptors (Lipinski definition) is 2. The summed E-state index contributed by atoms with van der Waals surface area (Å²) in [6, 6.07) is 4.31. The summed E-state index contributed by atoms with van der Waals surface area (Å²) in [6.45, 7) is 1.83. The van der Waals surface area contributed by atoms with Crippen LogP contribution in [0.5, 0.6) is 0 Å². The first-order valence-electron chi connectivity index (χ1n) is 5.01. The van der Waals surface area contributed by atoms with E-state index in [2.05, 4.69) is 0 Å². The summed E-state index contributed by atoms with van der Waals surface area (Å²) < 4.78 is 17.9. The van der Waals surface area contributed by atoms with Crippen LogP contribution in [-0.2, 0) is 16.0 Å². The number of ketones is 1. The number of ether oxygens (including phenoxy) is 1. The highest BCUT2D eigenvalue weighted by molar-refractivity contribution is 6.30. The van der Waals surface area contributed by atoms with Gasteiger partial charge in [0.25, 0.3) is 0 Å². The number of rotatable bonds is 5. The van der Waals surface area contributed by atoms with E-state index < -0.39 is 5.82 Å². The van der Waals surface area contributed by atoms with E-state index in [0.717, 1.165) is 5.56 Å². The van der Waals surface area contributed by atoms with Crippen molar-refractivity contribution < 1.29 is 13.9 Å². The summed E-state index contributed by atoms with van der Waals surface area (Å²) in [4.78, 5) is 11.6. The molecule has 1 aromatic carbocycles. The first kappa shape index (κ1) is 13.1. The molecular weight excluding hydrogens is 231 g/mol. The lowest BCUT2D eigenvalue weighted by molar-refractivity contribution is -0.120. The standard InChI is InChI=1S/C12H14ClFO2/c1-8(16-2)5-10(15)6-9-3-4-12(14)11(13)7-9/h3-4,7-8H,5-6H2,1-2H3. The van der Waals surface area contributed by atoms with Gasteiger partial charge in [-0.05, 0) is 24.6 Å². The van der Waals surface area contributed by atoms with Gasteiger partial charge in [-0.3, -0.25) is 4.79 Å². The number of carbonyl (C=O) groups excluding carboxylic acids is 1. The highest BCUT2D eigenvalue weighted by Gasteiger charge is 2.10. The third-order valence-corrected chi connectivity index (χ3v) is 2.59. The molecule has 0 saturated heterocycles. The fraction of sp³-hybridized carbons (Fsp3) is 0.417. The average molecular weight is 245 g/mol. The van der Waals surface area contributed by atoms with E-state index in [1.807, 2.05) is 6.92 Å². The number of halogens is 2. The van der Waals surface area contributed by atoms with Crippen molar-refractivity contribution in [3.05, 3.63) is 34.6 Å². The van der Waals surface area contributed by atoms with E-state index in [4.69, 9.17) is 16.3 Å². The Morgan fingerprint density at radius 2 is 2.25 bits per heavy atom. The fourth-order valence-corrected chi connectivity index (χ4v) is 1.56. The molecule has 0 spiro atoms.